The molecule has 3 nitrogen and oxygen atoms in total. The lowest BCUT2D eigenvalue weighted by atomic mass is 10.1. The highest BCUT2D eigenvalue weighted by atomic mass is 16.5. The van der Waals surface area contributed by atoms with Crippen molar-refractivity contribution in [2.24, 2.45) is 0 Å². The van der Waals surface area contributed by atoms with Gasteiger partial charge < -0.3 is 10.1 Å². The summed E-state index contributed by atoms with van der Waals surface area (Å²) in [4.78, 5) is 4.37. The van der Waals surface area contributed by atoms with Gasteiger partial charge in [-0.2, -0.15) is 0 Å². The Morgan fingerprint density at radius 1 is 1.33 bits per heavy atom. The zero-order valence-electron chi connectivity index (χ0n) is 9.16. The van der Waals surface area contributed by atoms with E-state index in [1.165, 1.54) is 0 Å². The molecule has 1 N–H and O–H groups in total. The molecule has 1 heterocycles. The molecule has 2 rings (SSSR count). The molecule has 2 aromatic rings. The first-order valence-corrected chi connectivity index (χ1v) is 4.87. The van der Waals surface area contributed by atoms with Crippen molar-refractivity contribution in [1.82, 2.24) is 4.98 Å². The van der Waals surface area contributed by atoms with E-state index in [0.29, 0.717) is 0 Å². The lowest BCUT2D eigenvalue weighted by Crippen LogP contribution is -1.93. The van der Waals surface area contributed by atoms with Crippen molar-refractivity contribution < 1.29 is 4.74 Å². The third-order valence-electron chi connectivity index (χ3n) is 2.51. The molecule has 0 saturated carbocycles. The van der Waals surface area contributed by atoms with Crippen molar-refractivity contribution >= 4 is 16.6 Å². The Morgan fingerprint density at radius 2 is 2.13 bits per heavy atom. The monoisotopic (exact) mass is 202 g/mol. The standard InChI is InChI=1S/C12H14N2O/c1-8-6-9(15-3)7-10-11(13-2)4-5-14-12(8)10/h4-7H,1-3H3,(H,13,14). The average molecular weight is 202 g/mol. The van der Waals surface area contributed by atoms with Crippen LogP contribution in [0.15, 0.2) is 24.4 Å². The van der Waals surface area contributed by atoms with Gasteiger partial charge in [-0.1, -0.05) is 0 Å². The summed E-state index contributed by atoms with van der Waals surface area (Å²) < 4.78 is 5.25. The molecular formula is C12H14N2O. The third-order valence-corrected chi connectivity index (χ3v) is 2.51. The van der Waals surface area contributed by atoms with Gasteiger partial charge in [0, 0.05) is 24.3 Å². The largest absolute Gasteiger partial charge is 0.497 e. The van der Waals surface area contributed by atoms with Crippen molar-refractivity contribution in [3.05, 3.63) is 30.0 Å². The highest BCUT2D eigenvalue weighted by molar-refractivity contribution is 5.93. The predicted molar refractivity (Wildman–Crippen MR) is 62.6 cm³/mol. The number of methoxy groups -OCH3 is 1. The van der Waals surface area contributed by atoms with Crippen LogP contribution in [0.3, 0.4) is 0 Å². The molecule has 0 fully saturated rings. The summed E-state index contributed by atoms with van der Waals surface area (Å²) in [6.07, 6.45) is 1.81. The maximum absolute atomic E-state index is 5.25. The summed E-state index contributed by atoms with van der Waals surface area (Å²) in [5.41, 5.74) is 3.21. The lowest BCUT2D eigenvalue weighted by molar-refractivity contribution is 0.415. The number of anilines is 1. The second-order valence-electron chi connectivity index (χ2n) is 3.45. The van der Waals surface area contributed by atoms with Crippen LogP contribution in [0.25, 0.3) is 10.9 Å². The van der Waals surface area contributed by atoms with Gasteiger partial charge in [0.2, 0.25) is 0 Å². The van der Waals surface area contributed by atoms with Gasteiger partial charge in [-0.25, -0.2) is 0 Å². The molecule has 1 aromatic carbocycles. The minimum absolute atomic E-state index is 0.865. The molecule has 0 radical (unpaired) electrons. The topological polar surface area (TPSA) is 34.2 Å². The van der Waals surface area contributed by atoms with E-state index in [-0.39, 0.29) is 0 Å². The van der Waals surface area contributed by atoms with Crippen molar-refractivity contribution in [1.29, 1.82) is 0 Å². The number of aromatic nitrogens is 1. The Morgan fingerprint density at radius 3 is 2.80 bits per heavy atom. The van der Waals surface area contributed by atoms with Gasteiger partial charge in [-0.3, -0.25) is 4.98 Å². The van der Waals surface area contributed by atoms with Crippen LogP contribution in [0.5, 0.6) is 5.75 Å². The maximum atomic E-state index is 5.25. The minimum Gasteiger partial charge on any atom is -0.497 e. The second-order valence-corrected chi connectivity index (χ2v) is 3.45. The Kier molecular flexibility index (Phi) is 2.46. The Labute approximate surface area is 89.1 Å². The van der Waals surface area contributed by atoms with Crippen molar-refractivity contribution in [3.8, 4) is 5.75 Å². The Bertz CT molecular complexity index is 494. The Balaban J connectivity index is 2.79. The zero-order valence-corrected chi connectivity index (χ0v) is 9.16. The molecule has 0 saturated heterocycles. The molecule has 0 aliphatic carbocycles. The summed E-state index contributed by atoms with van der Waals surface area (Å²) in [6.45, 7) is 2.04. The molecule has 0 unspecified atom stereocenters. The van der Waals surface area contributed by atoms with E-state index in [9.17, 15) is 0 Å². The number of aryl methyl sites for hydroxylation is 1. The third kappa shape index (κ3) is 1.61. The summed E-state index contributed by atoms with van der Waals surface area (Å²) in [5, 5.41) is 4.25. The number of benzene rings is 1. The van der Waals surface area contributed by atoms with Crippen LogP contribution in [0.1, 0.15) is 5.56 Å². The molecule has 0 aliphatic heterocycles. The molecule has 15 heavy (non-hydrogen) atoms. The molecule has 0 spiro atoms. The molecule has 0 bridgehead atoms. The summed E-state index contributed by atoms with van der Waals surface area (Å²) in [7, 11) is 3.58. The van der Waals surface area contributed by atoms with E-state index >= 15 is 0 Å². The van der Waals surface area contributed by atoms with Gasteiger partial charge in [-0.15, -0.1) is 0 Å². The summed E-state index contributed by atoms with van der Waals surface area (Å²) in [5.74, 6) is 0.865. The number of nitrogens with one attached hydrogen (secondary N) is 1. The first-order chi connectivity index (χ1) is 7.26. The van der Waals surface area contributed by atoms with Crippen molar-refractivity contribution in [3.63, 3.8) is 0 Å². The van der Waals surface area contributed by atoms with Gasteiger partial charge in [-0.05, 0) is 30.7 Å². The highest BCUT2D eigenvalue weighted by Crippen LogP contribution is 2.28. The van der Waals surface area contributed by atoms with Crippen molar-refractivity contribution in [2.45, 2.75) is 6.92 Å². The number of pyridine rings is 1. The van der Waals surface area contributed by atoms with Crippen LogP contribution in [0, 0.1) is 6.92 Å². The van der Waals surface area contributed by atoms with Gasteiger partial charge in [0.25, 0.3) is 0 Å². The normalized spacial score (nSPS) is 10.3. The smallest absolute Gasteiger partial charge is 0.119 e. The molecule has 1 aromatic heterocycles. The molecule has 0 atom stereocenters. The number of ether oxygens (including phenoxy) is 1. The summed E-state index contributed by atoms with van der Waals surface area (Å²) >= 11 is 0. The molecular weight excluding hydrogens is 188 g/mol. The number of hydrogen-bond acceptors (Lipinski definition) is 3. The number of nitrogens with zero attached hydrogens (tertiary/aromatic N) is 1. The number of rotatable bonds is 2. The van der Waals surface area contributed by atoms with Crippen LogP contribution in [-0.2, 0) is 0 Å². The lowest BCUT2D eigenvalue weighted by Gasteiger charge is -2.09. The summed E-state index contributed by atoms with van der Waals surface area (Å²) in [6, 6.07) is 5.96. The quantitative estimate of drug-likeness (QED) is 0.812. The average Bonchev–Trinajstić information content (AvgIpc) is 2.28. The fourth-order valence-electron chi connectivity index (χ4n) is 1.74. The van der Waals surface area contributed by atoms with Crippen LogP contribution < -0.4 is 10.1 Å². The number of fused-ring (bicyclic) bond motifs is 1. The van der Waals surface area contributed by atoms with Crippen LogP contribution >= 0.6 is 0 Å². The Hall–Kier alpha value is -1.77. The van der Waals surface area contributed by atoms with Gasteiger partial charge >= 0.3 is 0 Å². The molecule has 0 amide bonds. The van der Waals surface area contributed by atoms with Gasteiger partial charge in [0.05, 0.1) is 12.6 Å². The van der Waals surface area contributed by atoms with E-state index in [0.717, 1.165) is 27.9 Å². The maximum Gasteiger partial charge on any atom is 0.119 e. The number of hydrogen-bond donors (Lipinski definition) is 1. The van der Waals surface area contributed by atoms with Crippen molar-refractivity contribution in [2.75, 3.05) is 19.5 Å². The van der Waals surface area contributed by atoms with Gasteiger partial charge in [0.15, 0.2) is 0 Å². The van der Waals surface area contributed by atoms with E-state index < -0.39 is 0 Å². The van der Waals surface area contributed by atoms with Gasteiger partial charge in [0.1, 0.15) is 5.75 Å². The van der Waals surface area contributed by atoms with Crippen LogP contribution in [-0.4, -0.2) is 19.1 Å². The molecule has 3 heteroatoms. The van der Waals surface area contributed by atoms with E-state index in [4.69, 9.17) is 4.74 Å². The van der Waals surface area contributed by atoms with E-state index in [1.807, 2.05) is 38.4 Å². The highest BCUT2D eigenvalue weighted by Gasteiger charge is 2.05. The molecule has 0 aliphatic rings. The van der Waals surface area contributed by atoms with Crippen LogP contribution in [0.2, 0.25) is 0 Å². The first kappa shape index (κ1) is 9.77. The fraction of sp³-hybridized carbons (Fsp3) is 0.250. The fourth-order valence-corrected chi connectivity index (χ4v) is 1.74. The second kappa shape index (κ2) is 3.77. The predicted octanol–water partition coefficient (Wildman–Crippen LogP) is 2.59. The first-order valence-electron chi connectivity index (χ1n) is 4.87. The SMILES string of the molecule is CNc1ccnc2c(C)cc(OC)cc12. The van der Waals surface area contributed by atoms with E-state index in [1.54, 1.807) is 7.11 Å². The van der Waals surface area contributed by atoms with E-state index in [2.05, 4.69) is 10.3 Å². The molecule has 78 valence electrons. The van der Waals surface area contributed by atoms with Crippen LogP contribution in [0.4, 0.5) is 5.69 Å². The minimum atomic E-state index is 0.865. The zero-order chi connectivity index (χ0) is 10.8.